The van der Waals surface area contributed by atoms with Gasteiger partial charge in [-0.2, -0.15) is 0 Å². The molecule has 2 fully saturated rings. The second-order valence-corrected chi connectivity index (χ2v) is 7.96. The molecule has 0 radical (unpaired) electrons. The number of benzene rings is 1. The molecule has 1 aromatic carbocycles. The molecule has 1 aliphatic heterocycles. The van der Waals surface area contributed by atoms with Crippen molar-refractivity contribution in [3.63, 3.8) is 0 Å². The van der Waals surface area contributed by atoms with Gasteiger partial charge >= 0.3 is 0 Å². The van der Waals surface area contributed by atoms with E-state index in [0.29, 0.717) is 24.2 Å². The summed E-state index contributed by atoms with van der Waals surface area (Å²) in [5, 5.41) is 0. The van der Waals surface area contributed by atoms with Crippen molar-refractivity contribution in [1.82, 2.24) is 4.90 Å². The first-order chi connectivity index (χ1) is 11.6. The van der Waals surface area contributed by atoms with Crippen LogP contribution in [0.4, 0.5) is 0 Å². The second kappa shape index (κ2) is 8.35. The lowest BCUT2D eigenvalue weighted by Gasteiger charge is -2.36. The Hall–Kier alpha value is -1.06. The third kappa shape index (κ3) is 5.22. The van der Waals surface area contributed by atoms with Gasteiger partial charge in [0.15, 0.2) is 0 Å². The van der Waals surface area contributed by atoms with Gasteiger partial charge in [-0.25, -0.2) is 0 Å². The summed E-state index contributed by atoms with van der Waals surface area (Å²) >= 11 is 0. The summed E-state index contributed by atoms with van der Waals surface area (Å²) < 4.78 is 12.0. The van der Waals surface area contributed by atoms with Crippen molar-refractivity contribution in [2.45, 2.75) is 71.2 Å². The van der Waals surface area contributed by atoms with Crippen LogP contribution >= 0.6 is 0 Å². The first kappa shape index (κ1) is 17.8. The summed E-state index contributed by atoms with van der Waals surface area (Å²) in [5.41, 5.74) is 1.40. The van der Waals surface area contributed by atoms with Crippen molar-refractivity contribution in [2.75, 3.05) is 19.6 Å². The van der Waals surface area contributed by atoms with Crippen molar-refractivity contribution in [1.29, 1.82) is 0 Å². The molecule has 24 heavy (non-hydrogen) atoms. The summed E-state index contributed by atoms with van der Waals surface area (Å²) in [6.07, 6.45) is 7.32. The van der Waals surface area contributed by atoms with E-state index in [2.05, 4.69) is 49.9 Å². The molecule has 3 rings (SSSR count). The largest absolute Gasteiger partial charge is 0.490 e. The van der Waals surface area contributed by atoms with Crippen molar-refractivity contribution < 1.29 is 9.47 Å². The van der Waals surface area contributed by atoms with Crippen molar-refractivity contribution in [3.05, 3.63) is 29.8 Å². The van der Waals surface area contributed by atoms with Gasteiger partial charge in [-0.1, -0.05) is 19.1 Å². The quantitative estimate of drug-likeness (QED) is 0.776. The van der Waals surface area contributed by atoms with Crippen LogP contribution in [0.1, 0.15) is 52.0 Å². The van der Waals surface area contributed by atoms with Gasteiger partial charge in [-0.15, -0.1) is 0 Å². The van der Waals surface area contributed by atoms with E-state index in [4.69, 9.17) is 9.47 Å². The molecule has 3 heteroatoms. The topological polar surface area (TPSA) is 21.7 Å². The van der Waals surface area contributed by atoms with E-state index in [9.17, 15) is 0 Å². The molecule has 0 bridgehead atoms. The fraction of sp³-hybridized carbons (Fsp3) is 0.714. The predicted octanol–water partition coefficient (Wildman–Crippen LogP) is 4.30. The van der Waals surface area contributed by atoms with Crippen LogP contribution < -0.4 is 4.74 Å². The molecule has 0 amide bonds. The van der Waals surface area contributed by atoms with E-state index < -0.39 is 0 Å². The van der Waals surface area contributed by atoms with Gasteiger partial charge in [0.1, 0.15) is 5.75 Å². The van der Waals surface area contributed by atoms with Crippen LogP contribution in [0.3, 0.4) is 0 Å². The fourth-order valence-electron chi connectivity index (χ4n) is 4.29. The Bertz CT molecular complexity index is 502. The average Bonchev–Trinajstić information content (AvgIpc) is 2.99. The maximum absolute atomic E-state index is 6.15. The minimum absolute atomic E-state index is 0.351. The Morgan fingerprint density at radius 3 is 2.58 bits per heavy atom. The normalized spacial score (nSPS) is 27.3. The molecule has 0 spiro atoms. The number of ether oxygens (including phenoxy) is 2. The molecule has 1 saturated heterocycles. The molecule has 0 N–H and O–H groups in total. The van der Waals surface area contributed by atoms with E-state index in [0.717, 1.165) is 31.8 Å². The molecule has 3 atom stereocenters. The van der Waals surface area contributed by atoms with Crippen LogP contribution in [0.15, 0.2) is 24.3 Å². The smallest absolute Gasteiger partial charge is 0.119 e. The Morgan fingerprint density at radius 2 is 1.88 bits per heavy atom. The molecular weight excluding hydrogens is 298 g/mol. The Morgan fingerprint density at radius 1 is 1.17 bits per heavy atom. The minimum atomic E-state index is 0.351. The van der Waals surface area contributed by atoms with Gasteiger partial charge in [0.25, 0.3) is 0 Å². The van der Waals surface area contributed by atoms with Crippen molar-refractivity contribution in [3.8, 4) is 5.75 Å². The van der Waals surface area contributed by atoms with Gasteiger partial charge in [0.2, 0.25) is 0 Å². The third-order valence-corrected chi connectivity index (χ3v) is 5.15. The molecular formula is C21H33NO2. The van der Waals surface area contributed by atoms with Crippen LogP contribution in [0.25, 0.3) is 0 Å². The molecule has 3 nitrogen and oxygen atoms in total. The predicted molar refractivity (Wildman–Crippen MR) is 98.6 cm³/mol. The number of morpholine rings is 1. The second-order valence-electron chi connectivity index (χ2n) is 7.96. The SMILES string of the molecule is CC(Cc1cccc(OC2CCCC2)c1)CN1CC(C)OC(C)C1. The summed E-state index contributed by atoms with van der Waals surface area (Å²) in [7, 11) is 0. The van der Waals surface area contributed by atoms with E-state index in [1.54, 1.807) is 0 Å². The van der Waals surface area contributed by atoms with E-state index in [1.165, 1.54) is 31.2 Å². The maximum atomic E-state index is 6.15. The van der Waals surface area contributed by atoms with Gasteiger partial charge < -0.3 is 9.47 Å². The maximum Gasteiger partial charge on any atom is 0.119 e. The molecule has 1 aromatic rings. The van der Waals surface area contributed by atoms with Crippen LogP contribution in [0, 0.1) is 5.92 Å². The lowest BCUT2D eigenvalue weighted by atomic mass is 9.99. The Kier molecular flexibility index (Phi) is 6.18. The number of hydrogen-bond donors (Lipinski definition) is 0. The van der Waals surface area contributed by atoms with Gasteiger partial charge in [0.05, 0.1) is 18.3 Å². The standard InChI is InChI=1S/C21H33NO2/c1-16(13-22-14-17(2)23-18(3)15-22)11-19-7-6-10-21(12-19)24-20-8-4-5-9-20/h6-7,10,12,16-18,20H,4-5,8-9,11,13-15H2,1-3H3. The van der Waals surface area contributed by atoms with E-state index >= 15 is 0 Å². The van der Waals surface area contributed by atoms with Crippen LogP contribution in [0.5, 0.6) is 5.75 Å². The number of rotatable bonds is 6. The van der Waals surface area contributed by atoms with Crippen LogP contribution in [-0.4, -0.2) is 42.8 Å². The number of nitrogens with zero attached hydrogens (tertiary/aromatic N) is 1. The molecule has 0 aromatic heterocycles. The summed E-state index contributed by atoms with van der Waals surface area (Å²) in [6.45, 7) is 9.97. The highest BCUT2D eigenvalue weighted by molar-refractivity contribution is 5.29. The van der Waals surface area contributed by atoms with E-state index in [-0.39, 0.29) is 0 Å². The zero-order chi connectivity index (χ0) is 16.9. The highest BCUT2D eigenvalue weighted by Gasteiger charge is 2.23. The number of hydrogen-bond acceptors (Lipinski definition) is 3. The molecule has 3 unspecified atom stereocenters. The van der Waals surface area contributed by atoms with Gasteiger partial charge in [-0.05, 0) is 69.6 Å². The zero-order valence-corrected chi connectivity index (χ0v) is 15.5. The molecule has 2 aliphatic rings. The lowest BCUT2D eigenvalue weighted by molar-refractivity contribution is -0.0708. The molecule has 1 aliphatic carbocycles. The average molecular weight is 332 g/mol. The molecule has 1 heterocycles. The Labute approximate surface area is 147 Å². The minimum Gasteiger partial charge on any atom is -0.490 e. The zero-order valence-electron chi connectivity index (χ0n) is 15.5. The highest BCUT2D eigenvalue weighted by Crippen LogP contribution is 2.25. The summed E-state index contributed by atoms with van der Waals surface area (Å²) in [4.78, 5) is 2.56. The third-order valence-electron chi connectivity index (χ3n) is 5.15. The Balaban J connectivity index is 1.51. The van der Waals surface area contributed by atoms with Crippen LogP contribution in [-0.2, 0) is 11.2 Å². The summed E-state index contributed by atoms with van der Waals surface area (Å²) in [6, 6.07) is 8.74. The first-order valence-electron chi connectivity index (χ1n) is 9.72. The van der Waals surface area contributed by atoms with Crippen molar-refractivity contribution >= 4 is 0 Å². The molecule has 134 valence electrons. The monoisotopic (exact) mass is 331 g/mol. The van der Waals surface area contributed by atoms with E-state index in [1.807, 2.05) is 0 Å². The molecule has 1 saturated carbocycles. The van der Waals surface area contributed by atoms with Crippen LogP contribution in [0.2, 0.25) is 0 Å². The first-order valence-corrected chi connectivity index (χ1v) is 9.72. The highest BCUT2D eigenvalue weighted by atomic mass is 16.5. The summed E-state index contributed by atoms with van der Waals surface area (Å²) in [5.74, 6) is 1.70. The lowest BCUT2D eigenvalue weighted by Crippen LogP contribution is -2.47. The van der Waals surface area contributed by atoms with Crippen molar-refractivity contribution in [2.24, 2.45) is 5.92 Å². The van der Waals surface area contributed by atoms with Gasteiger partial charge in [-0.3, -0.25) is 4.90 Å². The fourth-order valence-corrected chi connectivity index (χ4v) is 4.29. The van der Waals surface area contributed by atoms with Gasteiger partial charge in [0, 0.05) is 19.6 Å².